The van der Waals surface area contributed by atoms with Crippen LogP contribution in [0.5, 0.6) is 0 Å². The van der Waals surface area contributed by atoms with Crippen molar-refractivity contribution in [1.29, 1.82) is 0 Å². The number of aliphatic hydroxyl groups is 5. The van der Waals surface area contributed by atoms with E-state index < -0.39 is 31.0 Å². The van der Waals surface area contributed by atoms with Crippen molar-refractivity contribution in [2.24, 2.45) is 0 Å². The number of aliphatic hydroxyl groups excluding tert-OH is 5. The number of nitrogens with zero attached hydrogens (tertiary/aromatic N) is 1. The van der Waals surface area contributed by atoms with E-state index in [1.165, 1.54) is 0 Å². The van der Waals surface area contributed by atoms with Gasteiger partial charge in [0.2, 0.25) is 0 Å². The van der Waals surface area contributed by atoms with Crippen molar-refractivity contribution in [3.8, 4) is 0 Å². The molecule has 100 valence electrons. The predicted octanol–water partition coefficient (Wildman–Crippen LogP) is -5.87. The summed E-state index contributed by atoms with van der Waals surface area (Å²) in [5, 5.41) is 46.0. The van der Waals surface area contributed by atoms with E-state index in [1.54, 1.807) is 0 Å². The minimum Gasteiger partial charge on any atom is -1.00 e. The molecule has 0 aliphatic heterocycles. The topological polar surface area (TPSA) is 101 Å². The summed E-state index contributed by atoms with van der Waals surface area (Å²) >= 11 is 0. The minimum atomic E-state index is -1.54. The molecular weight excluding hydrogens is 238 g/mol. The maximum Gasteiger partial charge on any atom is 0.131 e. The number of likely N-dealkylation sites (N-methyl/N-ethyl adjacent to an activating group) is 1. The summed E-state index contributed by atoms with van der Waals surface area (Å²) in [6.07, 6.45) is -5.61. The van der Waals surface area contributed by atoms with E-state index in [0.29, 0.717) is 4.48 Å². The van der Waals surface area contributed by atoms with Gasteiger partial charge in [-0.2, -0.15) is 0 Å². The first-order valence-corrected chi connectivity index (χ1v) is 4.82. The summed E-state index contributed by atoms with van der Waals surface area (Å²) in [6.45, 7) is -0.425. The van der Waals surface area contributed by atoms with E-state index in [0.717, 1.165) is 0 Å². The molecule has 0 bridgehead atoms. The van der Waals surface area contributed by atoms with Crippen molar-refractivity contribution in [2.75, 3.05) is 34.3 Å². The zero-order chi connectivity index (χ0) is 12.2. The Morgan fingerprint density at radius 1 is 0.875 bits per heavy atom. The van der Waals surface area contributed by atoms with Crippen molar-refractivity contribution < 1.29 is 42.4 Å². The molecule has 0 aliphatic rings. The van der Waals surface area contributed by atoms with Gasteiger partial charge in [-0.25, -0.2) is 0 Å². The van der Waals surface area contributed by atoms with E-state index in [1.807, 2.05) is 21.1 Å². The van der Waals surface area contributed by atoms with Gasteiger partial charge in [-0.15, -0.1) is 0 Å². The van der Waals surface area contributed by atoms with Gasteiger partial charge >= 0.3 is 0 Å². The summed E-state index contributed by atoms with van der Waals surface area (Å²) in [7, 11) is 5.47. The first-order valence-electron chi connectivity index (χ1n) is 4.82. The molecule has 0 spiro atoms. The van der Waals surface area contributed by atoms with Crippen LogP contribution in [0.1, 0.15) is 0 Å². The number of hydrogen-bond donors (Lipinski definition) is 5. The fraction of sp³-hybridized carbons (Fsp3) is 1.00. The molecule has 0 rings (SSSR count). The zero-order valence-corrected chi connectivity index (χ0v) is 10.5. The lowest BCUT2D eigenvalue weighted by molar-refractivity contribution is -0.874. The van der Waals surface area contributed by atoms with Gasteiger partial charge in [0.05, 0.1) is 27.7 Å². The number of quaternary nitrogens is 1. The third kappa shape index (κ3) is 6.59. The van der Waals surface area contributed by atoms with Crippen molar-refractivity contribution in [3.63, 3.8) is 0 Å². The Labute approximate surface area is 102 Å². The van der Waals surface area contributed by atoms with Crippen LogP contribution in [0, 0.1) is 0 Å². The highest BCUT2D eigenvalue weighted by Crippen LogP contribution is 2.07. The molecule has 0 aromatic rings. The number of halogens is 1. The average Bonchev–Trinajstić information content (AvgIpc) is 2.11. The van der Waals surface area contributed by atoms with Crippen LogP contribution in [0.25, 0.3) is 0 Å². The highest BCUT2D eigenvalue weighted by molar-refractivity contribution is 4.80. The van der Waals surface area contributed by atoms with Gasteiger partial charge in [-0.1, -0.05) is 0 Å². The standard InChI is InChI=1S/C9H22NO5.ClH/c1-10(2,3)4-6(12)8(14)9(15)7(13)5-11;/h6-9,11-15H,4-5H2,1-3H3;1H/q+1;/p-1. The first kappa shape index (κ1) is 18.4. The highest BCUT2D eigenvalue weighted by atomic mass is 35.5. The average molecular weight is 260 g/mol. The Kier molecular flexibility index (Phi) is 8.51. The highest BCUT2D eigenvalue weighted by Gasteiger charge is 2.32. The van der Waals surface area contributed by atoms with Gasteiger partial charge in [-0.05, 0) is 0 Å². The summed E-state index contributed by atoms with van der Waals surface area (Å²) < 4.78 is 0.417. The molecule has 0 fully saturated rings. The van der Waals surface area contributed by atoms with Gasteiger partial charge in [0.1, 0.15) is 31.0 Å². The van der Waals surface area contributed by atoms with Gasteiger partial charge in [0.25, 0.3) is 0 Å². The Balaban J connectivity index is 0. The molecule has 7 heteroatoms. The van der Waals surface area contributed by atoms with Crippen molar-refractivity contribution >= 4 is 0 Å². The van der Waals surface area contributed by atoms with Gasteiger partial charge < -0.3 is 42.4 Å². The van der Waals surface area contributed by atoms with E-state index in [-0.39, 0.29) is 19.0 Å². The fourth-order valence-electron chi connectivity index (χ4n) is 1.23. The Morgan fingerprint density at radius 2 is 1.25 bits per heavy atom. The molecule has 0 saturated carbocycles. The van der Waals surface area contributed by atoms with Crippen LogP contribution in [0.4, 0.5) is 0 Å². The predicted molar refractivity (Wildman–Crippen MR) is 54.0 cm³/mol. The monoisotopic (exact) mass is 259 g/mol. The molecule has 0 heterocycles. The smallest absolute Gasteiger partial charge is 0.131 e. The molecule has 4 atom stereocenters. The molecule has 0 radical (unpaired) electrons. The lowest BCUT2D eigenvalue weighted by Gasteiger charge is -2.31. The second-order valence-corrected chi connectivity index (χ2v) is 4.77. The third-order valence-electron chi connectivity index (χ3n) is 2.06. The van der Waals surface area contributed by atoms with Crippen molar-refractivity contribution in [3.05, 3.63) is 0 Å². The summed E-state index contributed by atoms with van der Waals surface area (Å²) in [6, 6.07) is 0. The largest absolute Gasteiger partial charge is 1.00 e. The molecule has 5 N–H and O–H groups in total. The van der Waals surface area contributed by atoms with E-state index in [4.69, 9.17) is 10.2 Å². The van der Waals surface area contributed by atoms with Gasteiger partial charge in [0, 0.05) is 0 Å². The Hall–Kier alpha value is 0.0500. The molecule has 0 saturated heterocycles. The van der Waals surface area contributed by atoms with Gasteiger partial charge in [0.15, 0.2) is 0 Å². The second kappa shape index (κ2) is 7.39. The molecule has 4 unspecified atom stereocenters. The fourth-order valence-corrected chi connectivity index (χ4v) is 1.23. The number of hydrogen-bond acceptors (Lipinski definition) is 5. The van der Waals surface area contributed by atoms with E-state index >= 15 is 0 Å². The Bertz CT molecular complexity index is 187. The molecule has 6 nitrogen and oxygen atoms in total. The second-order valence-electron chi connectivity index (χ2n) is 4.77. The maximum absolute atomic E-state index is 9.55. The molecule has 0 aliphatic carbocycles. The SMILES string of the molecule is C[N+](C)(C)CC(O)C(O)C(O)C(O)CO.[Cl-]. The maximum atomic E-state index is 9.55. The molecule has 0 aromatic heterocycles. The third-order valence-corrected chi connectivity index (χ3v) is 2.06. The summed E-state index contributed by atoms with van der Waals surface area (Å²) in [5.74, 6) is 0. The van der Waals surface area contributed by atoms with Crippen molar-refractivity contribution in [1.82, 2.24) is 0 Å². The quantitative estimate of drug-likeness (QED) is 0.306. The van der Waals surface area contributed by atoms with Crippen LogP contribution in [-0.2, 0) is 0 Å². The number of rotatable bonds is 6. The first-order chi connectivity index (χ1) is 6.69. The summed E-state index contributed by atoms with van der Waals surface area (Å²) in [4.78, 5) is 0. The lowest BCUT2D eigenvalue weighted by Crippen LogP contribution is -3.00. The van der Waals surface area contributed by atoms with Crippen LogP contribution in [0.2, 0.25) is 0 Å². The minimum absolute atomic E-state index is 0. The van der Waals surface area contributed by atoms with Crippen LogP contribution in [0.15, 0.2) is 0 Å². The van der Waals surface area contributed by atoms with Gasteiger partial charge in [-0.3, -0.25) is 0 Å². The van der Waals surface area contributed by atoms with Crippen LogP contribution >= 0.6 is 0 Å². The molecule has 0 aromatic carbocycles. The summed E-state index contributed by atoms with van der Waals surface area (Å²) in [5.41, 5.74) is 0. The Morgan fingerprint density at radius 3 is 1.56 bits per heavy atom. The van der Waals surface area contributed by atoms with Crippen LogP contribution < -0.4 is 12.4 Å². The molecule has 16 heavy (non-hydrogen) atoms. The van der Waals surface area contributed by atoms with Crippen LogP contribution in [-0.4, -0.2) is 88.7 Å². The van der Waals surface area contributed by atoms with E-state index in [2.05, 4.69) is 0 Å². The van der Waals surface area contributed by atoms with E-state index in [9.17, 15) is 15.3 Å². The van der Waals surface area contributed by atoms with Crippen molar-refractivity contribution in [2.45, 2.75) is 24.4 Å². The molecule has 0 amide bonds. The van der Waals surface area contributed by atoms with Crippen LogP contribution in [0.3, 0.4) is 0 Å². The normalized spacial score (nSPS) is 19.5. The zero-order valence-electron chi connectivity index (χ0n) is 9.78. The molecular formula is C9H22ClNO5. The lowest BCUT2D eigenvalue weighted by atomic mass is 10.0.